The van der Waals surface area contributed by atoms with Gasteiger partial charge in [-0.1, -0.05) is 6.07 Å². The van der Waals surface area contributed by atoms with E-state index in [2.05, 4.69) is 0 Å². The van der Waals surface area contributed by atoms with Crippen molar-refractivity contribution < 1.29 is 19.0 Å². The molecule has 0 bridgehead atoms. The van der Waals surface area contributed by atoms with Crippen LogP contribution in [0.15, 0.2) is 36.4 Å². The second-order valence-electron chi connectivity index (χ2n) is 4.14. The van der Waals surface area contributed by atoms with Crippen LogP contribution >= 0.6 is 0 Å². The zero-order valence-electron chi connectivity index (χ0n) is 11.7. The van der Waals surface area contributed by atoms with Crippen LogP contribution in [0.2, 0.25) is 0 Å². The molecule has 0 N–H and O–H groups in total. The Labute approximate surface area is 117 Å². The molecule has 4 heteroatoms. The fraction of sp³-hybridized carbons (Fsp3) is 0.188. The van der Waals surface area contributed by atoms with E-state index in [0.29, 0.717) is 22.8 Å². The standard InChI is InChI=1S/C16H16O4/c1-18-13-6-4-12(10-17)14(9-13)11-5-7-15(19-2)16(8-11)20-3/h4-10H,1-3H3. The molecule has 0 atom stereocenters. The van der Waals surface area contributed by atoms with Gasteiger partial charge in [-0.05, 0) is 41.5 Å². The molecule has 104 valence electrons. The molecule has 0 fully saturated rings. The fourth-order valence-corrected chi connectivity index (χ4v) is 2.02. The molecule has 2 aromatic carbocycles. The average molecular weight is 272 g/mol. The van der Waals surface area contributed by atoms with E-state index >= 15 is 0 Å². The molecular formula is C16H16O4. The van der Waals surface area contributed by atoms with Gasteiger partial charge < -0.3 is 14.2 Å². The quantitative estimate of drug-likeness (QED) is 0.784. The summed E-state index contributed by atoms with van der Waals surface area (Å²) in [5.74, 6) is 1.96. The fourth-order valence-electron chi connectivity index (χ4n) is 2.02. The van der Waals surface area contributed by atoms with E-state index in [-0.39, 0.29) is 0 Å². The zero-order chi connectivity index (χ0) is 14.5. The molecule has 0 heterocycles. The highest BCUT2D eigenvalue weighted by atomic mass is 16.5. The van der Waals surface area contributed by atoms with Crippen molar-refractivity contribution in [3.8, 4) is 28.4 Å². The van der Waals surface area contributed by atoms with Crippen LogP contribution in [0.3, 0.4) is 0 Å². The van der Waals surface area contributed by atoms with Crippen LogP contribution in [-0.2, 0) is 0 Å². The number of benzene rings is 2. The summed E-state index contributed by atoms with van der Waals surface area (Å²) in [4.78, 5) is 11.2. The Morgan fingerprint density at radius 2 is 1.60 bits per heavy atom. The van der Waals surface area contributed by atoms with Crippen molar-refractivity contribution in [2.45, 2.75) is 0 Å². The molecule has 0 radical (unpaired) electrons. The van der Waals surface area contributed by atoms with Gasteiger partial charge in [-0.25, -0.2) is 0 Å². The van der Waals surface area contributed by atoms with Crippen molar-refractivity contribution in [3.63, 3.8) is 0 Å². The Hall–Kier alpha value is -2.49. The van der Waals surface area contributed by atoms with Gasteiger partial charge in [0.15, 0.2) is 17.8 Å². The summed E-state index contributed by atoms with van der Waals surface area (Å²) in [7, 11) is 4.75. The van der Waals surface area contributed by atoms with Gasteiger partial charge in [-0.15, -0.1) is 0 Å². The number of carbonyl (C=O) groups is 1. The Morgan fingerprint density at radius 3 is 2.20 bits per heavy atom. The maximum atomic E-state index is 11.2. The molecule has 4 nitrogen and oxygen atoms in total. The molecule has 2 rings (SSSR count). The largest absolute Gasteiger partial charge is 0.497 e. The smallest absolute Gasteiger partial charge is 0.161 e. The first-order chi connectivity index (χ1) is 9.73. The number of hydrogen-bond donors (Lipinski definition) is 0. The lowest BCUT2D eigenvalue weighted by atomic mass is 9.99. The number of methoxy groups -OCH3 is 3. The lowest BCUT2D eigenvalue weighted by Crippen LogP contribution is -1.93. The Morgan fingerprint density at radius 1 is 0.850 bits per heavy atom. The maximum absolute atomic E-state index is 11.2. The zero-order valence-corrected chi connectivity index (χ0v) is 11.7. The van der Waals surface area contributed by atoms with Crippen molar-refractivity contribution in [1.29, 1.82) is 0 Å². The van der Waals surface area contributed by atoms with Gasteiger partial charge in [0, 0.05) is 5.56 Å². The first-order valence-corrected chi connectivity index (χ1v) is 6.09. The molecule has 0 spiro atoms. The highest BCUT2D eigenvalue weighted by Crippen LogP contribution is 2.34. The third kappa shape index (κ3) is 2.59. The van der Waals surface area contributed by atoms with Crippen molar-refractivity contribution in [2.75, 3.05) is 21.3 Å². The van der Waals surface area contributed by atoms with Crippen molar-refractivity contribution in [3.05, 3.63) is 42.0 Å². The van der Waals surface area contributed by atoms with E-state index < -0.39 is 0 Å². The van der Waals surface area contributed by atoms with Crippen LogP contribution in [0.1, 0.15) is 10.4 Å². The molecule has 0 aliphatic rings. The van der Waals surface area contributed by atoms with Gasteiger partial charge in [0.25, 0.3) is 0 Å². The minimum absolute atomic E-state index is 0.595. The van der Waals surface area contributed by atoms with E-state index in [1.54, 1.807) is 33.5 Å². The van der Waals surface area contributed by atoms with Gasteiger partial charge in [-0.2, -0.15) is 0 Å². The summed E-state index contributed by atoms with van der Waals surface area (Å²) < 4.78 is 15.7. The first-order valence-electron chi connectivity index (χ1n) is 6.09. The highest BCUT2D eigenvalue weighted by Gasteiger charge is 2.10. The van der Waals surface area contributed by atoms with Crippen LogP contribution in [0.25, 0.3) is 11.1 Å². The first kappa shape index (κ1) is 13.9. The van der Waals surface area contributed by atoms with Gasteiger partial charge in [0.1, 0.15) is 5.75 Å². The number of hydrogen-bond acceptors (Lipinski definition) is 4. The molecule has 20 heavy (non-hydrogen) atoms. The SMILES string of the molecule is COc1ccc(C=O)c(-c2ccc(OC)c(OC)c2)c1. The lowest BCUT2D eigenvalue weighted by Gasteiger charge is -2.12. The van der Waals surface area contributed by atoms with E-state index in [9.17, 15) is 4.79 Å². The Kier molecular flexibility index (Phi) is 4.25. The summed E-state index contributed by atoms with van der Waals surface area (Å²) in [6.07, 6.45) is 0.825. The molecule has 0 unspecified atom stereocenters. The number of carbonyl (C=O) groups excluding carboxylic acids is 1. The molecule has 0 aliphatic carbocycles. The summed E-state index contributed by atoms with van der Waals surface area (Å²) in [5, 5.41) is 0. The second kappa shape index (κ2) is 6.10. The van der Waals surface area contributed by atoms with Crippen molar-refractivity contribution >= 4 is 6.29 Å². The molecule has 0 saturated heterocycles. The van der Waals surface area contributed by atoms with Crippen LogP contribution < -0.4 is 14.2 Å². The minimum atomic E-state index is 0.595. The van der Waals surface area contributed by atoms with Crippen LogP contribution in [0.4, 0.5) is 0 Å². The minimum Gasteiger partial charge on any atom is -0.497 e. The van der Waals surface area contributed by atoms with Gasteiger partial charge >= 0.3 is 0 Å². The highest BCUT2D eigenvalue weighted by molar-refractivity contribution is 5.88. The third-order valence-electron chi connectivity index (χ3n) is 3.08. The third-order valence-corrected chi connectivity index (χ3v) is 3.08. The molecule has 0 aliphatic heterocycles. The number of aldehydes is 1. The second-order valence-corrected chi connectivity index (χ2v) is 4.14. The van der Waals surface area contributed by atoms with E-state index in [4.69, 9.17) is 14.2 Å². The molecule has 0 amide bonds. The van der Waals surface area contributed by atoms with Gasteiger partial charge in [0.2, 0.25) is 0 Å². The van der Waals surface area contributed by atoms with Gasteiger partial charge in [0.05, 0.1) is 21.3 Å². The number of ether oxygens (including phenoxy) is 3. The molecular weight excluding hydrogens is 256 g/mol. The Bertz CT molecular complexity index is 620. The maximum Gasteiger partial charge on any atom is 0.161 e. The van der Waals surface area contributed by atoms with E-state index in [1.165, 1.54) is 0 Å². The topological polar surface area (TPSA) is 44.8 Å². The molecule has 0 saturated carbocycles. The summed E-state index contributed by atoms with van der Waals surface area (Å²) >= 11 is 0. The average Bonchev–Trinajstić information content (AvgIpc) is 2.53. The van der Waals surface area contributed by atoms with Crippen LogP contribution in [0.5, 0.6) is 17.2 Å². The number of rotatable bonds is 5. The van der Waals surface area contributed by atoms with E-state index in [0.717, 1.165) is 17.4 Å². The van der Waals surface area contributed by atoms with Crippen LogP contribution in [-0.4, -0.2) is 27.6 Å². The summed E-state index contributed by atoms with van der Waals surface area (Å²) in [5.41, 5.74) is 2.25. The summed E-state index contributed by atoms with van der Waals surface area (Å²) in [6.45, 7) is 0. The predicted octanol–water partition coefficient (Wildman–Crippen LogP) is 3.19. The van der Waals surface area contributed by atoms with Gasteiger partial charge in [-0.3, -0.25) is 4.79 Å². The molecule has 2 aromatic rings. The van der Waals surface area contributed by atoms with Crippen molar-refractivity contribution in [2.24, 2.45) is 0 Å². The monoisotopic (exact) mass is 272 g/mol. The van der Waals surface area contributed by atoms with Crippen molar-refractivity contribution in [1.82, 2.24) is 0 Å². The molecule has 0 aromatic heterocycles. The van der Waals surface area contributed by atoms with Crippen LogP contribution in [0, 0.1) is 0 Å². The summed E-state index contributed by atoms with van der Waals surface area (Å²) in [6, 6.07) is 10.8. The Balaban J connectivity index is 2.57. The van der Waals surface area contributed by atoms with E-state index in [1.807, 2.05) is 24.3 Å². The normalized spacial score (nSPS) is 9.95. The lowest BCUT2D eigenvalue weighted by molar-refractivity contribution is 0.112. The predicted molar refractivity (Wildman–Crippen MR) is 76.9 cm³/mol.